The van der Waals surface area contributed by atoms with Gasteiger partial charge in [0.05, 0.1) is 11.4 Å². The van der Waals surface area contributed by atoms with Crippen molar-refractivity contribution in [1.82, 2.24) is 5.32 Å². The number of nitrogens with one attached hydrogen (secondary N) is 2. The maximum atomic E-state index is 12.0. The van der Waals surface area contributed by atoms with Gasteiger partial charge in [-0.3, -0.25) is 4.72 Å². The summed E-state index contributed by atoms with van der Waals surface area (Å²) in [5.74, 6) is 0.462. The third-order valence-corrected chi connectivity index (χ3v) is 4.30. The minimum atomic E-state index is -3.25. The molecule has 0 radical (unpaired) electrons. The second-order valence-corrected chi connectivity index (χ2v) is 6.82. The zero-order chi connectivity index (χ0) is 14.3. The fourth-order valence-corrected chi connectivity index (χ4v) is 3.11. The molecule has 0 aliphatic rings. The summed E-state index contributed by atoms with van der Waals surface area (Å²) in [6.45, 7) is 4.96. The quantitative estimate of drug-likeness (QED) is 0.721. The Hall–Kier alpha value is -1.07. The number of unbranched alkanes of at least 4 members (excludes halogenated alkanes) is 1. The molecule has 0 fully saturated rings. The molecule has 0 unspecified atom stereocenters. The van der Waals surface area contributed by atoms with Gasteiger partial charge in [0, 0.05) is 0 Å². The third kappa shape index (κ3) is 5.61. The topological polar surface area (TPSA) is 58.2 Å². The van der Waals surface area contributed by atoms with Crippen LogP contribution >= 0.6 is 0 Å². The number of hydrogen-bond acceptors (Lipinski definition) is 3. The lowest BCUT2D eigenvalue weighted by Gasteiger charge is -2.14. The molecule has 2 N–H and O–H groups in total. The van der Waals surface area contributed by atoms with E-state index in [1.54, 1.807) is 0 Å². The average molecular weight is 284 g/mol. The molecule has 0 bridgehead atoms. The van der Waals surface area contributed by atoms with Gasteiger partial charge < -0.3 is 5.32 Å². The monoisotopic (exact) mass is 284 g/mol. The Balaban J connectivity index is 2.68. The summed E-state index contributed by atoms with van der Waals surface area (Å²) in [5, 5.41) is 3.01. The molecule has 0 atom stereocenters. The fraction of sp³-hybridized carbons (Fsp3) is 0.571. The van der Waals surface area contributed by atoms with E-state index >= 15 is 0 Å². The number of sulfonamides is 1. The molecular formula is C14H24N2O2S. The maximum Gasteiger partial charge on any atom is 0.232 e. The number of benzene rings is 1. The first-order chi connectivity index (χ1) is 8.96. The highest BCUT2D eigenvalue weighted by Gasteiger charge is 2.13. The normalized spacial score (nSPS) is 11.8. The Labute approximate surface area is 116 Å². The van der Waals surface area contributed by atoms with Gasteiger partial charge in [-0.2, -0.15) is 0 Å². The molecule has 19 heavy (non-hydrogen) atoms. The van der Waals surface area contributed by atoms with Crippen LogP contribution in [0.5, 0.6) is 0 Å². The van der Waals surface area contributed by atoms with Crippen molar-refractivity contribution in [2.45, 2.75) is 32.6 Å². The number of rotatable bonds is 8. The highest BCUT2D eigenvalue weighted by Crippen LogP contribution is 2.24. The van der Waals surface area contributed by atoms with Gasteiger partial charge in [0.1, 0.15) is 0 Å². The summed E-state index contributed by atoms with van der Waals surface area (Å²) in [5.41, 5.74) is 1.73. The van der Waals surface area contributed by atoms with E-state index in [1.807, 2.05) is 31.3 Å². The summed E-state index contributed by atoms with van der Waals surface area (Å²) in [4.78, 5) is 0. The molecule has 0 heterocycles. The van der Waals surface area contributed by atoms with Crippen molar-refractivity contribution in [2.24, 2.45) is 0 Å². The van der Waals surface area contributed by atoms with Crippen molar-refractivity contribution < 1.29 is 8.42 Å². The first kappa shape index (κ1) is 16.0. The van der Waals surface area contributed by atoms with E-state index in [2.05, 4.69) is 23.9 Å². The minimum absolute atomic E-state index is 0.168. The van der Waals surface area contributed by atoms with E-state index in [9.17, 15) is 8.42 Å². The molecule has 5 heteroatoms. The van der Waals surface area contributed by atoms with Gasteiger partial charge in [-0.15, -0.1) is 0 Å². The van der Waals surface area contributed by atoms with E-state index in [-0.39, 0.29) is 5.75 Å². The van der Waals surface area contributed by atoms with Crippen LogP contribution in [0.15, 0.2) is 24.3 Å². The standard InChI is InChI=1S/C14H24N2O2S/c1-12(2)13-8-4-5-9-14(13)16-19(17,18)11-7-6-10-15-3/h4-5,8-9,12,15-16H,6-7,10-11H2,1-3H3. The lowest BCUT2D eigenvalue weighted by Crippen LogP contribution is -2.19. The average Bonchev–Trinajstić information content (AvgIpc) is 2.34. The van der Waals surface area contributed by atoms with Crippen LogP contribution in [0.2, 0.25) is 0 Å². The third-order valence-electron chi connectivity index (χ3n) is 2.94. The number of anilines is 1. The van der Waals surface area contributed by atoms with Crippen molar-refractivity contribution in [3.8, 4) is 0 Å². The molecule has 0 aliphatic carbocycles. The summed E-state index contributed by atoms with van der Waals surface area (Å²) < 4.78 is 26.7. The lowest BCUT2D eigenvalue weighted by atomic mass is 10.0. The van der Waals surface area contributed by atoms with E-state index in [1.165, 1.54) is 0 Å². The van der Waals surface area contributed by atoms with Gasteiger partial charge in [-0.25, -0.2) is 8.42 Å². The van der Waals surface area contributed by atoms with Crippen LogP contribution < -0.4 is 10.0 Å². The Kier molecular flexibility index (Phi) is 6.31. The first-order valence-corrected chi connectivity index (χ1v) is 8.35. The summed E-state index contributed by atoms with van der Waals surface area (Å²) in [6, 6.07) is 7.56. The molecule has 0 aromatic heterocycles. The van der Waals surface area contributed by atoms with Crippen LogP contribution in [0.4, 0.5) is 5.69 Å². The maximum absolute atomic E-state index is 12.0. The largest absolute Gasteiger partial charge is 0.320 e. The van der Waals surface area contributed by atoms with Crippen molar-refractivity contribution in [1.29, 1.82) is 0 Å². The van der Waals surface area contributed by atoms with Gasteiger partial charge in [-0.1, -0.05) is 32.0 Å². The molecule has 0 amide bonds. The summed E-state index contributed by atoms with van der Waals surface area (Å²) >= 11 is 0. The molecule has 1 aromatic carbocycles. The minimum Gasteiger partial charge on any atom is -0.320 e. The molecule has 0 aliphatic heterocycles. The Morgan fingerprint density at radius 1 is 1.16 bits per heavy atom. The Bertz CT molecular complexity index is 484. The fourth-order valence-electron chi connectivity index (χ4n) is 1.91. The lowest BCUT2D eigenvalue weighted by molar-refractivity contribution is 0.595. The Morgan fingerprint density at radius 2 is 1.84 bits per heavy atom. The van der Waals surface area contributed by atoms with E-state index in [4.69, 9.17) is 0 Å². The van der Waals surface area contributed by atoms with Gasteiger partial charge in [0.15, 0.2) is 0 Å². The van der Waals surface area contributed by atoms with Crippen LogP contribution in [0.1, 0.15) is 38.2 Å². The van der Waals surface area contributed by atoms with Crippen LogP contribution in [0.25, 0.3) is 0 Å². The smallest absolute Gasteiger partial charge is 0.232 e. The summed E-state index contributed by atoms with van der Waals surface area (Å²) in [6.07, 6.45) is 1.53. The molecule has 4 nitrogen and oxygen atoms in total. The van der Waals surface area contributed by atoms with Crippen molar-refractivity contribution in [3.05, 3.63) is 29.8 Å². The SMILES string of the molecule is CNCCCCS(=O)(=O)Nc1ccccc1C(C)C. The second-order valence-electron chi connectivity index (χ2n) is 4.97. The number of para-hydroxylation sites is 1. The summed E-state index contributed by atoms with van der Waals surface area (Å²) in [7, 11) is -1.38. The first-order valence-electron chi connectivity index (χ1n) is 6.70. The van der Waals surface area contributed by atoms with Crippen LogP contribution in [0.3, 0.4) is 0 Å². The zero-order valence-electron chi connectivity index (χ0n) is 11.9. The van der Waals surface area contributed by atoms with E-state index < -0.39 is 10.0 Å². The molecule has 108 valence electrons. The van der Waals surface area contributed by atoms with Crippen molar-refractivity contribution in [3.63, 3.8) is 0 Å². The molecular weight excluding hydrogens is 260 g/mol. The van der Waals surface area contributed by atoms with E-state index in [0.717, 1.165) is 18.5 Å². The molecule has 1 aromatic rings. The second kappa shape index (κ2) is 7.50. The van der Waals surface area contributed by atoms with Gasteiger partial charge in [0.25, 0.3) is 0 Å². The zero-order valence-corrected chi connectivity index (χ0v) is 12.8. The highest BCUT2D eigenvalue weighted by molar-refractivity contribution is 7.92. The molecule has 0 saturated heterocycles. The van der Waals surface area contributed by atoms with Gasteiger partial charge in [0.2, 0.25) is 10.0 Å². The number of hydrogen-bond donors (Lipinski definition) is 2. The molecule has 0 saturated carbocycles. The molecule has 0 spiro atoms. The highest BCUT2D eigenvalue weighted by atomic mass is 32.2. The van der Waals surface area contributed by atoms with Crippen molar-refractivity contribution in [2.75, 3.05) is 24.1 Å². The molecule has 1 rings (SSSR count). The Morgan fingerprint density at radius 3 is 2.47 bits per heavy atom. The predicted octanol–water partition coefficient (Wildman–Crippen LogP) is 2.55. The van der Waals surface area contributed by atoms with Crippen LogP contribution in [-0.4, -0.2) is 27.8 Å². The van der Waals surface area contributed by atoms with Crippen LogP contribution in [0, 0.1) is 0 Å². The van der Waals surface area contributed by atoms with Crippen LogP contribution in [-0.2, 0) is 10.0 Å². The van der Waals surface area contributed by atoms with Gasteiger partial charge >= 0.3 is 0 Å². The van der Waals surface area contributed by atoms with E-state index in [0.29, 0.717) is 18.0 Å². The van der Waals surface area contributed by atoms with Gasteiger partial charge in [-0.05, 0) is 44.0 Å². The van der Waals surface area contributed by atoms with Crippen molar-refractivity contribution >= 4 is 15.7 Å². The predicted molar refractivity (Wildman–Crippen MR) is 81.1 cm³/mol.